The molecule has 0 aromatic carbocycles. The average molecular weight is 240 g/mol. The van der Waals surface area contributed by atoms with E-state index in [4.69, 9.17) is 4.74 Å². The third-order valence-corrected chi connectivity index (χ3v) is 4.33. The van der Waals surface area contributed by atoms with E-state index in [-0.39, 0.29) is 0 Å². The van der Waals surface area contributed by atoms with Crippen molar-refractivity contribution in [3.63, 3.8) is 0 Å². The third kappa shape index (κ3) is 3.67. The fourth-order valence-corrected chi connectivity index (χ4v) is 3.40. The maximum Gasteiger partial charge on any atom is 0.0561 e. The number of rotatable bonds is 4. The van der Waals surface area contributed by atoms with Gasteiger partial charge in [-0.05, 0) is 59.2 Å². The van der Waals surface area contributed by atoms with Gasteiger partial charge in [-0.2, -0.15) is 0 Å². The lowest BCUT2D eigenvalue weighted by molar-refractivity contribution is -0.0362. The van der Waals surface area contributed by atoms with Crippen molar-refractivity contribution in [1.29, 1.82) is 0 Å². The van der Waals surface area contributed by atoms with Crippen LogP contribution in [0.4, 0.5) is 0 Å². The van der Waals surface area contributed by atoms with Crippen LogP contribution in [-0.4, -0.2) is 49.8 Å². The number of ether oxygens (including phenoxy) is 1. The van der Waals surface area contributed by atoms with E-state index < -0.39 is 0 Å². The summed E-state index contributed by atoms with van der Waals surface area (Å²) in [5.74, 6) is 0. The Hall–Kier alpha value is -0.120. The molecule has 0 saturated carbocycles. The van der Waals surface area contributed by atoms with Crippen LogP contribution in [-0.2, 0) is 4.74 Å². The Morgan fingerprint density at radius 1 is 1.29 bits per heavy atom. The average Bonchev–Trinajstić information content (AvgIpc) is 2.37. The van der Waals surface area contributed by atoms with Crippen molar-refractivity contribution in [2.45, 2.75) is 63.6 Å². The van der Waals surface area contributed by atoms with Crippen LogP contribution in [0, 0.1) is 0 Å². The van der Waals surface area contributed by atoms with Crippen LogP contribution in [0.3, 0.4) is 0 Å². The summed E-state index contributed by atoms with van der Waals surface area (Å²) in [5, 5.41) is 3.30. The minimum absolute atomic E-state index is 0.459. The van der Waals surface area contributed by atoms with Gasteiger partial charge in [0.25, 0.3) is 0 Å². The summed E-state index contributed by atoms with van der Waals surface area (Å²) in [7, 11) is 2.06. The second kappa shape index (κ2) is 6.72. The normalized spacial score (nSPS) is 36.0. The summed E-state index contributed by atoms with van der Waals surface area (Å²) in [6, 6.07) is 1.59. The fourth-order valence-electron chi connectivity index (χ4n) is 3.40. The molecule has 100 valence electrons. The van der Waals surface area contributed by atoms with Crippen molar-refractivity contribution in [2.75, 3.05) is 26.7 Å². The summed E-state index contributed by atoms with van der Waals surface area (Å²) in [6.07, 6.45) is 8.44. The number of hydrogen-bond acceptors (Lipinski definition) is 3. The predicted octanol–water partition coefficient (Wildman–Crippen LogP) is 2.02. The number of hydrogen-bond donors (Lipinski definition) is 1. The summed E-state index contributed by atoms with van der Waals surface area (Å²) < 4.78 is 5.68. The lowest BCUT2D eigenvalue weighted by atomic mass is 9.93. The molecule has 0 aromatic rings. The van der Waals surface area contributed by atoms with Crippen LogP contribution in [0.1, 0.15) is 45.4 Å². The minimum Gasteiger partial charge on any atom is -0.378 e. The minimum atomic E-state index is 0.459. The zero-order chi connectivity index (χ0) is 12.1. The zero-order valence-corrected chi connectivity index (χ0v) is 11.5. The molecule has 2 aliphatic heterocycles. The van der Waals surface area contributed by atoms with Crippen LogP contribution >= 0.6 is 0 Å². The second-order valence-electron chi connectivity index (χ2n) is 5.64. The van der Waals surface area contributed by atoms with E-state index in [1.54, 1.807) is 0 Å². The largest absolute Gasteiger partial charge is 0.378 e. The topological polar surface area (TPSA) is 24.5 Å². The molecule has 3 atom stereocenters. The van der Waals surface area contributed by atoms with Gasteiger partial charge in [0.15, 0.2) is 0 Å². The molecule has 17 heavy (non-hydrogen) atoms. The molecule has 3 heteroatoms. The van der Waals surface area contributed by atoms with Gasteiger partial charge in [0.2, 0.25) is 0 Å². The highest BCUT2D eigenvalue weighted by Crippen LogP contribution is 2.27. The van der Waals surface area contributed by atoms with Gasteiger partial charge >= 0.3 is 0 Å². The zero-order valence-electron chi connectivity index (χ0n) is 11.5. The molecular weight excluding hydrogens is 212 g/mol. The first kappa shape index (κ1) is 13.3. The van der Waals surface area contributed by atoms with Gasteiger partial charge in [-0.25, -0.2) is 0 Å². The first-order valence-corrected chi connectivity index (χ1v) is 7.33. The molecular formula is C14H28N2O. The molecule has 2 fully saturated rings. The smallest absolute Gasteiger partial charge is 0.0561 e. The first-order valence-electron chi connectivity index (χ1n) is 7.33. The van der Waals surface area contributed by atoms with E-state index in [1.807, 2.05) is 0 Å². The van der Waals surface area contributed by atoms with Gasteiger partial charge < -0.3 is 10.1 Å². The standard InChI is InChI=1S/C14H28N2O/c1-12-11-14(7-10-17-12)16-9-4-3-5-13(16)6-8-15-2/h12-15H,3-11H2,1-2H3. The van der Waals surface area contributed by atoms with Gasteiger partial charge in [-0.3, -0.25) is 4.90 Å². The quantitative estimate of drug-likeness (QED) is 0.813. The summed E-state index contributed by atoms with van der Waals surface area (Å²) in [5.41, 5.74) is 0. The van der Waals surface area contributed by atoms with Crippen LogP contribution in [0.25, 0.3) is 0 Å². The van der Waals surface area contributed by atoms with Crippen LogP contribution in [0.2, 0.25) is 0 Å². The van der Waals surface area contributed by atoms with E-state index in [0.717, 1.165) is 25.2 Å². The Kier molecular flexibility index (Phi) is 5.26. The molecule has 3 unspecified atom stereocenters. The summed E-state index contributed by atoms with van der Waals surface area (Å²) >= 11 is 0. The Morgan fingerprint density at radius 3 is 2.94 bits per heavy atom. The highest BCUT2D eigenvalue weighted by molar-refractivity contribution is 4.86. The first-order chi connectivity index (χ1) is 8.31. The van der Waals surface area contributed by atoms with Gasteiger partial charge in [-0.1, -0.05) is 6.42 Å². The number of nitrogens with one attached hydrogen (secondary N) is 1. The third-order valence-electron chi connectivity index (χ3n) is 4.33. The van der Waals surface area contributed by atoms with Gasteiger partial charge in [-0.15, -0.1) is 0 Å². The molecule has 0 spiro atoms. The highest BCUT2D eigenvalue weighted by Gasteiger charge is 2.31. The van der Waals surface area contributed by atoms with Crippen molar-refractivity contribution in [1.82, 2.24) is 10.2 Å². The fraction of sp³-hybridized carbons (Fsp3) is 1.00. The Bertz CT molecular complexity index is 222. The van der Waals surface area contributed by atoms with Crippen LogP contribution < -0.4 is 5.32 Å². The number of piperidine rings is 1. The van der Waals surface area contributed by atoms with Gasteiger partial charge in [0, 0.05) is 18.7 Å². The summed E-state index contributed by atoms with van der Waals surface area (Å²) in [6.45, 7) is 5.64. The molecule has 0 aromatic heterocycles. The maximum absolute atomic E-state index is 5.68. The Balaban J connectivity index is 1.90. The Morgan fingerprint density at radius 2 is 2.18 bits per heavy atom. The van der Waals surface area contributed by atoms with Crippen molar-refractivity contribution in [2.24, 2.45) is 0 Å². The molecule has 1 N–H and O–H groups in total. The summed E-state index contributed by atoms with van der Waals surface area (Å²) in [4.78, 5) is 2.79. The van der Waals surface area contributed by atoms with E-state index in [1.165, 1.54) is 45.1 Å². The van der Waals surface area contributed by atoms with E-state index >= 15 is 0 Å². The Labute approximate surface area is 106 Å². The van der Waals surface area contributed by atoms with Gasteiger partial charge in [0.1, 0.15) is 0 Å². The lowest BCUT2D eigenvalue weighted by Gasteiger charge is -2.44. The molecule has 2 saturated heterocycles. The molecule has 3 nitrogen and oxygen atoms in total. The van der Waals surface area contributed by atoms with Crippen molar-refractivity contribution in [3.8, 4) is 0 Å². The van der Waals surface area contributed by atoms with Crippen LogP contribution in [0.15, 0.2) is 0 Å². The molecule has 2 aliphatic rings. The predicted molar refractivity (Wildman–Crippen MR) is 71.3 cm³/mol. The molecule has 0 amide bonds. The lowest BCUT2D eigenvalue weighted by Crippen LogP contribution is -2.50. The van der Waals surface area contributed by atoms with Crippen molar-refractivity contribution >= 4 is 0 Å². The van der Waals surface area contributed by atoms with E-state index in [0.29, 0.717) is 6.10 Å². The number of nitrogens with zero attached hydrogens (tertiary/aromatic N) is 1. The highest BCUT2D eigenvalue weighted by atomic mass is 16.5. The van der Waals surface area contributed by atoms with Gasteiger partial charge in [0.05, 0.1) is 6.10 Å². The van der Waals surface area contributed by atoms with E-state index in [2.05, 4.69) is 24.2 Å². The molecule has 0 aliphatic carbocycles. The van der Waals surface area contributed by atoms with E-state index in [9.17, 15) is 0 Å². The SMILES string of the molecule is CNCCC1CCCCN1C1CCOC(C)C1. The number of likely N-dealkylation sites (tertiary alicyclic amines) is 1. The monoisotopic (exact) mass is 240 g/mol. The molecule has 2 rings (SSSR count). The molecule has 0 radical (unpaired) electrons. The van der Waals surface area contributed by atoms with Crippen molar-refractivity contribution < 1.29 is 4.74 Å². The molecule has 2 heterocycles. The second-order valence-corrected chi connectivity index (χ2v) is 5.64. The van der Waals surface area contributed by atoms with Crippen molar-refractivity contribution in [3.05, 3.63) is 0 Å². The molecule has 0 bridgehead atoms. The maximum atomic E-state index is 5.68. The van der Waals surface area contributed by atoms with Crippen LogP contribution in [0.5, 0.6) is 0 Å².